The van der Waals surface area contributed by atoms with Crippen LogP contribution in [-0.2, 0) is 14.3 Å². The Kier molecular flexibility index (Phi) is 4.06. The SMILES string of the molecule is C[C@@H]1C[C@H]1C(=O)OCC(=O)Nc1ccc2c(c1)OC1(CCCCC1)O2. The van der Waals surface area contributed by atoms with Gasteiger partial charge in [-0.05, 0) is 37.3 Å². The highest BCUT2D eigenvalue weighted by atomic mass is 16.7. The number of carbonyl (C=O) groups is 2. The van der Waals surface area contributed by atoms with E-state index < -0.39 is 5.79 Å². The van der Waals surface area contributed by atoms with Crippen LogP contribution in [0.25, 0.3) is 0 Å². The van der Waals surface area contributed by atoms with Crippen LogP contribution >= 0.6 is 0 Å². The number of hydrogen-bond donors (Lipinski definition) is 1. The molecule has 1 heterocycles. The van der Waals surface area contributed by atoms with Gasteiger partial charge in [-0.2, -0.15) is 0 Å². The lowest BCUT2D eigenvalue weighted by molar-refractivity contribution is -0.148. The van der Waals surface area contributed by atoms with Crippen molar-refractivity contribution < 1.29 is 23.8 Å². The van der Waals surface area contributed by atoms with Crippen molar-refractivity contribution in [3.05, 3.63) is 18.2 Å². The predicted octanol–water partition coefficient (Wildman–Crippen LogP) is 3.26. The second kappa shape index (κ2) is 6.24. The fourth-order valence-electron chi connectivity index (χ4n) is 3.56. The second-order valence-electron chi connectivity index (χ2n) is 7.31. The first-order chi connectivity index (χ1) is 12.0. The Balaban J connectivity index is 1.33. The Morgan fingerprint density at radius 3 is 2.64 bits per heavy atom. The number of benzene rings is 1. The molecule has 3 aliphatic rings. The van der Waals surface area contributed by atoms with E-state index in [4.69, 9.17) is 14.2 Å². The molecule has 1 aliphatic heterocycles. The minimum Gasteiger partial charge on any atom is -0.455 e. The van der Waals surface area contributed by atoms with Gasteiger partial charge in [-0.3, -0.25) is 9.59 Å². The van der Waals surface area contributed by atoms with Gasteiger partial charge in [0.15, 0.2) is 18.1 Å². The summed E-state index contributed by atoms with van der Waals surface area (Å²) in [5.74, 6) is 0.541. The molecule has 134 valence electrons. The molecule has 0 unspecified atom stereocenters. The van der Waals surface area contributed by atoms with E-state index in [0.29, 0.717) is 23.1 Å². The molecule has 4 rings (SSSR count). The molecule has 0 aromatic heterocycles. The maximum atomic E-state index is 12.0. The lowest BCUT2D eigenvalue weighted by atomic mass is 9.94. The highest BCUT2D eigenvalue weighted by molar-refractivity contribution is 5.93. The number of rotatable bonds is 4. The van der Waals surface area contributed by atoms with Crippen LogP contribution in [0.15, 0.2) is 18.2 Å². The van der Waals surface area contributed by atoms with Crippen LogP contribution in [-0.4, -0.2) is 24.3 Å². The molecule has 2 aliphatic carbocycles. The van der Waals surface area contributed by atoms with E-state index in [1.165, 1.54) is 6.42 Å². The van der Waals surface area contributed by atoms with Gasteiger partial charge >= 0.3 is 5.97 Å². The summed E-state index contributed by atoms with van der Waals surface area (Å²) in [4.78, 5) is 23.6. The molecule has 2 saturated carbocycles. The van der Waals surface area contributed by atoms with Gasteiger partial charge in [0.2, 0.25) is 0 Å². The molecule has 0 bridgehead atoms. The number of ether oxygens (including phenoxy) is 3. The van der Waals surface area contributed by atoms with Crippen molar-refractivity contribution in [1.82, 2.24) is 0 Å². The van der Waals surface area contributed by atoms with Crippen LogP contribution in [0, 0.1) is 11.8 Å². The van der Waals surface area contributed by atoms with Crippen molar-refractivity contribution >= 4 is 17.6 Å². The summed E-state index contributed by atoms with van der Waals surface area (Å²) in [6.45, 7) is 1.73. The molecule has 1 aromatic rings. The van der Waals surface area contributed by atoms with Gasteiger partial charge in [0.1, 0.15) is 0 Å². The van der Waals surface area contributed by atoms with Crippen molar-refractivity contribution in [1.29, 1.82) is 0 Å². The van der Waals surface area contributed by atoms with Crippen molar-refractivity contribution in [3.8, 4) is 11.5 Å². The zero-order valence-electron chi connectivity index (χ0n) is 14.4. The minimum atomic E-state index is -0.528. The van der Waals surface area contributed by atoms with Crippen molar-refractivity contribution in [3.63, 3.8) is 0 Å². The third-order valence-corrected chi connectivity index (χ3v) is 5.19. The van der Waals surface area contributed by atoms with Crippen molar-refractivity contribution in [2.45, 2.75) is 51.2 Å². The molecular weight excluding hydrogens is 322 g/mol. The third kappa shape index (κ3) is 3.43. The largest absolute Gasteiger partial charge is 0.455 e. The molecule has 6 nitrogen and oxygen atoms in total. The van der Waals surface area contributed by atoms with Gasteiger partial charge in [0.05, 0.1) is 5.92 Å². The normalized spacial score (nSPS) is 25.5. The Hall–Kier alpha value is -2.24. The summed E-state index contributed by atoms with van der Waals surface area (Å²) >= 11 is 0. The number of esters is 1. The average Bonchev–Trinajstić information content (AvgIpc) is 3.23. The van der Waals surface area contributed by atoms with Crippen LogP contribution in [0.2, 0.25) is 0 Å². The maximum Gasteiger partial charge on any atom is 0.309 e. The van der Waals surface area contributed by atoms with E-state index in [-0.39, 0.29) is 24.4 Å². The summed E-state index contributed by atoms with van der Waals surface area (Å²) in [7, 11) is 0. The fraction of sp³-hybridized carbons (Fsp3) is 0.579. The van der Waals surface area contributed by atoms with Gasteiger partial charge < -0.3 is 19.5 Å². The first-order valence-electron chi connectivity index (χ1n) is 9.03. The van der Waals surface area contributed by atoms with Crippen LogP contribution in [0.4, 0.5) is 5.69 Å². The zero-order chi connectivity index (χ0) is 17.4. The van der Waals surface area contributed by atoms with Crippen molar-refractivity contribution in [2.75, 3.05) is 11.9 Å². The first kappa shape index (κ1) is 16.2. The van der Waals surface area contributed by atoms with Crippen molar-refractivity contribution in [2.24, 2.45) is 11.8 Å². The highest BCUT2D eigenvalue weighted by Gasteiger charge is 2.42. The Morgan fingerprint density at radius 1 is 1.20 bits per heavy atom. The summed E-state index contributed by atoms with van der Waals surface area (Å²) in [6.07, 6.45) is 6.04. The Morgan fingerprint density at radius 2 is 1.92 bits per heavy atom. The van der Waals surface area contributed by atoms with Crippen LogP contribution in [0.3, 0.4) is 0 Å². The molecule has 25 heavy (non-hydrogen) atoms. The number of anilines is 1. The smallest absolute Gasteiger partial charge is 0.309 e. The van der Waals surface area contributed by atoms with Crippen LogP contribution < -0.4 is 14.8 Å². The number of fused-ring (bicyclic) bond motifs is 1. The Bertz CT molecular complexity index is 695. The number of hydrogen-bond acceptors (Lipinski definition) is 5. The molecule has 2 fully saturated rings. The number of amides is 1. The van der Waals surface area contributed by atoms with Gasteiger partial charge in [0.25, 0.3) is 11.7 Å². The number of carbonyl (C=O) groups excluding carboxylic acids is 2. The van der Waals surface area contributed by atoms with Gasteiger partial charge in [-0.15, -0.1) is 0 Å². The summed E-state index contributed by atoms with van der Waals surface area (Å²) in [5, 5.41) is 2.74. The fourth-order valence-corrected chi connectivity index (χ4v) is 3.56. The first-order valence-corrected chi connectivity index (χ1v) is 9.03. The predicted molar refractivity (Wildman–Crippen MR) is 90.4 cm³/mol. The molecule has 0 radical (unpaired) electrons. The van der Waals surface area contributed by atoms with Gasteiger partial charge in [-0.25, -0.2) is 0 Å². The quantitative estimate of drug-likeness (QED) is 0.848. The minimum absolute atomic E-state index is 0.0370. The summed E-state index contributed by atoms with van der Waals surface area (Å²) in [6, 6.07) is 5.35. The summed E-state index contributed by atoms with van der Waals surface area (Å²) in [5.41, 5.74) is 0.607. The lowest BCUT2D eigenvalue weighted by Crippen LogP contribution is -2.40. The molecule has 1 amide bonds. The highest BCUT2D eigenvalue weighted by Crippen LogP contribution is 2.46. The second-order valence-corrected chi connectivity index (χ2v) is 7.31. The van der Waals surface area contributed by atoms with E-state index in [9.17, 15) is 9.59 Å². The van der Waals surface area contributed by atoms with E-state index in [1.807, 2.05) is 13.0 Å². The van der Waals surface area contributed by atoms with E-state index in [2.05, 4.69) is 5.32 Å². The van der Waals surface area contributed by atoms with E-state index >= 15 is 0 Å². The molecule has 2 atom stereocenters. The van der Waals surface area contributed by atoms with Gasteiger partial charge in [0, 0.05) is 24.6 Å². The third-order valence-electron chi connectivity index (χ3n) is 5.19. The van der Waals surface area contributed by atoms with Crippen LogP contribution in [0.5, 0.6) is 11.5 Å². The molecule has 1 N–H and O–H groups in total. The van der Waals surface area contributed by atoms with E-state index in [1.54, 1.807) is 12.1 Å². The topological polar surface area (TPSA) is 73.9 Å². The summed E-state index contributed by atoms with van der Waals surface area (Å²) < 4.78 is 17.1. The molecular formula is C19H23NO5. The number of nitrogens with one attached hydrogen (secondary N) is 1. The molecule has 6 heteroatoms. The average molecular weight is 345 g/mol. The Labute approximate surface area is 146 Å². The standard InChI is InChI=1S/C19H23NO5/c1-12-9-14(12)18(22)23-11-17(21)20-13-5-6-15-16(10-13)25-19(24-15)7-3-2-4-8-19/h5-6,10,12,14H,2-4,7-9,11H2,1H3,(H,20,21)/t12-,14-/m1/s1. The maximum absolute atomic E-state index is 12.0. The molecule has 1 aromatic carbocycles. The monoisotopic (exact) mass is 345 g/mol. The van der Waals surface area contributed by atoms with Gasteiger partial charge in [-0.1, -0.05) is 13.3 Å². The molecule has 1 spiro atoms. The lowest BCUT2D eigenvalue weighted by Gasteiger charge is -2.31. The molecule has 0 saturated heterocycles. The zero-order valence-corrected chi connectivity index (χ0v) is 14.4. The van der Waals surface area contributed by atoms with Crippen LogP contribution in [0.1, 0.15) is 45.4 Å². The van der Waals surface area contributed by atoms with E-state index in [0.717, 1.165) is 32.1 Å².